The third kappa shape index (κ3) is 6.92. The largest absolute Gasteiger partial charge is 0.0533 e. The van der Waals surface area contributed by atoms with Crippen LogP contribution in [-0.2, 0) is 0 Å². The highest BCUT2D eigenvalue weighted by atomic mass is 14.6. The molecule has 0 radical (unpaired) electrons. The summed E-state index contributed by atoms with van der Waals surface area (Å²) in [6.07, 6.45) is 51.4. The van der Waals surface area contributed by atoms with Crippen molar-refractivity contribution < 1.29 is 0 Å². The Hall–Kier alpha value is 0. The van der Waals surface area contributed by atoms with Crippen LogP contribution in [0.3, 0.4) is 0 Å². The first-order chi connectivity index (χ1) is 23.8. The highest BCUT2D eigenvalue weighted by Gasteiger charge is 2.58. The van der Waals surface area contributed by atoms with Gasteiger partial charge >= 0.3 is 0 Å². The predicted octanol–water partition coefficient (Wildman–Crippen LogP) is 14.5. The van der Waals surface area contributed by atoms with Crippen LogP contribution in [0.15, 0.2) is 0 Å². The van der Waals surface area contributed by atoms with Gasteiger partial charge in [0.05, 0.1) is 0 Å². The summed E-state index contributed by atoms with van der Waals surface area (Å²) in [5, 5.41) is 0. The van der Waals surface area contributed by atoms with E-state index in [1.807, 2.05) is 0 Å². The van der Waals surface area contributed by atoms with E-state index in [0.29, 0.717) is 0 Å². The topological polar surface area (TPSA) is 0 Å². The van der Waals surface area contributed by atoms with Crippen molar-refractivity contribution in [1.29, 1.82) is 0 Å². The van der Waals surface area contributed by atoms with Gasteiger partial charge in [-0.25, -0.2) is 0 Å². The molecule has 0 heteroatoms. The molecule has 9 aliphatic rings. The quantitative estimate of drug-likeness (QED) is 0.276. The van der Waals surface area contributed by atoms with Crippen LogP contribution < -0.4 is 0 Å². The van der Waals surface area contributed by atoms with E-state index in [1.165, 1.54) is 6.42 Å². The van der Waals surface area contributed by atoms with Crippen LogP contribution in [0.2, 0.25) is 0 Å². The first kappa shape index (κ1) is 33.8. The zero-order valence-electron chi connectivity index (χ0n) is 31.9. The Morgan fingerprint density at radius 1 is 0.167 bits per heavy atom. The van der Waals surface area contributed by atoms with Crippen LogP contribution in [-0.4, -0.2) is 0 Å². The van der Waals surface area contributed by atoms with E-state index >= 15 is 0 Å². The molecule has 9 aliphatic carbocycles. The summed E-state index contributed by atoms with van der Waals surface area (Å²) >= 11 is 0. The molecule has 48 heavy (non-hydrogen) atoms. The molecule has 0 amide bonds. The van der Waals surface area contributed by atoms with Crippen LogP contribution in [0.4, 0.5) is 0 Å². The summed E-state index contributed by atoms with van der Waals surface area (Å²) in [7, 11) is 0. The minimum absolute atomic E-state index is 1.11. The Morgan fingerprint density at radius 2 is 0.458 bits per heavy atom. The number of fused-ring (bicyclic) bond motifs is 3. The maximum absolute atomic E-state index is 1.70. The molecule has 0 aromatic rings. The molecule has 0 N–H and O–H groups in total. The third-order valence-corrected chi connectivity index (χ3v) is 19.4. The van der Waals surface area contributed by atoms with E-state index in [0.717, 1.165) is 94.7 Å². The molecule has 11 atom stereocenters. The molecule has 0 nitrogen and oxygen atoms in total. The van der Waals surface area contributed by atoms with Crippen molar-refractivity contribution in [2.24, 2.45) is 94.7 Å². The molecule has 0 aromatic carbocycles. The standard InChI is InChI=1S/C48H80/c1-4-12-33(13-5-1)37-20-23-38(24-21-37)47-43-28-26-41(35-16-8-3-9-17-35)32-46(43)48(42-25-22-36-18-10-11-19-39(36)30-42)44-29-27-40(31-45(44)47)34-14-6-2-7-15-34/h33-48H,1-32H2. The third-order valence-electron chi connectivity index (χ3n) is 19.4. The normalized spacial score (nSPS) is 48.6. The monoisotopic (exact) mass is 657 g/mol. The van der Waals surface area contributed by atoms with Gasteiger partial charge in [0.15, 0.2) is 0 Å². The summed E-state index contributed by atoms with van der Waals surface area (Å²) in [5.74, 6) is 17.9. The molecule has 0 bridgehead atoms. The van der Waals surface area contributed by atoms with Crippen molar-refractivity contribution >= 4 is 0 Å². The average molecular weight is 657 g/mol. The van der Waals surface area contributed by atoms with Crippen molar-refractivity contribution in [1.82, 2.24) is 0 Å². The van der Waals surface area contributed by atoms with Gasteiger partial charge in [-0.15, -0.1) is 0 Å². The zero-order valence-corrected chi connectivity index (χ0v) is 31.9. The number of rotatable bonds is 5. The molecule has 9 saturated carbocycles. The van der Waals surface area contributed by atoms with E-state index in [9.17, 15) is 0 Å². The second-order valence-electron chi connectivity index (χ2n) is 21.2. The predicted molar refractivity (Wildman–Crippen MR) is 204 cm³/mol. The van der Waals surface area contributed by atoms with Crippen molar-refractivity contribution in [3.8, 4) is 0 Å². The first-order valence-electron chi connectivity index (χ1n) is 23.8. The maximum Gasteiger partial charge on any atom is -0.0323 e. The van der Waals surface area contributed by atoms with E-state index in [-0.39, 0.29) is 0 Å². The lowest BCUT2D eigenvalue weighted by Crippen LogP contribution is -2.56. The van der Waals surface area contributed by atoms with Gasteiger partial charge in [-0.3, -0.25) is 0 Å². The minimum Gasteiger partial charge on any atom is -0.0533 e. The second kappa shape index (κ2) is 15.5. The van der Waals surface area contributed by atoms with Gasteiger partial charge in [-0.05, 0) is 178 Å². The van der Waals surface area contributed by atoms with Gasteiger partial charge < -0.3 is 0 Å². The Morgan fingerprint density at radius 3 is 0.958 bits per heavy atom. The summed E-state index contributed by atoms with van der Waals surface area (Å²) in [4.78, 5) is 0. The molecule has 272 valence electrons. The SMILES string of the molecule is C1CCC(C2CCC(C3C4CCC(C5CCCCC5)CC4C(C4CCC5CCCCC5C4)C4CCC(C5CCCCC5)CC43)CC2)CC1. The molecule has 0 aromatic heterocycles. The molecule has 11 unspecified atom stereocenters. The Kier molecular flexibility index (Phi) is 10.9. The fourth-order valence-electron chi connectivity index (χ4n) is 17.3. The van der Waals surface area contributed by atoms with Gasteiger partial charge in [0.1, 0.15) is 0 Å². The number of hydrogen-bond acceptors (Lipinski definition) is 0. The maximum atomic E-state index is 1.70. The van der Waals surface area contributed by atoms with Crippen LogP contribution in [0.1, 0.15) is 205 Å². The molecule has 0 saturated heterocycles. The smallest absolute Gasteiger partial charge is 0.0323 e. The highest BCUT2D eigenvalue weighted by molar-refractivity contribution is 5.07. The van der Waals surface area contributed by atoms with Gasteiger partial charge in [0, 0.05) is 0 Å². The summed E-state index contributed by atoms with van der Waals surface area (Å²) in [6, 6.07) is 0. The van der Waals surface area contributed by atoms with Crippen LogP contribution in [0.25, 0.3) is 0 Å². The Bertz CT molecular complexity index is 986. The average Bonchev–Trinajstić information content (AvgIpc) is 3.17. The highest BCUT2D eigenvalue weighted by Crippen LogP contribution is 2.65. The lowest BCUT2D eigenvalue weighted by atomic mass is 9.42. The van der Waals surface area contributed by atoms with Crippen molar-refractivity contribution in [3.05, 3.63) is 0 Å². The van der Waals surface area contributed by atoms with Crippen molar-refractivity contribution in [2.45, 2.75) is 205 Å². The van der Waals surface area contributed by atoms with Gasteiger partial charge in [-0.1, -0.05) is 122 Å². The molecular formula is C48H80. The summed E-state index contributed by atoms with van der Waals surface area (Å²) < 4.78 is 0. The molecule has 0 aliphatic heterocycles. The lowest BCUT2D eigenvalue weighted by molar-refractivity contribution is -0.140. The van der Waals surface area contributed by atoms with Crippen LogP contribution >= 0.6 is 0 Å². The van der Waals surface area contributed by atoms with E-state index in [2.05, 4.69) is 0 Å². The van der Waals surface area contributed by atoms with Gasteiger partial charge in [0.2, 0.25) is 0 Å². The zero-order chi connectivity index (χ0) is 31.9. The van der Waals surface area contributed by atoms with E-state index in [4.69, 9.17) is 0 Å². The Labute approximate surface area is 299 Å². The minimum atomic E-state index is 1.11. The lowest BCUT2D eigenvalue weighted by Gasteiger charge is -2.63. The van der Waals surface area contributed by atoms with E-state index < -0.39 is 0 Å². The van der Waals surface area contributed by atoms with Crippen LogP contribution in [0, 0.1) is 94.7 Å². The molecular weight excluding hydrogens is 577 g/mol. The van der Waals surface area contributed by atoms with Crippen molar-refractivity contribution in [3.63, 3.8) is 0 Å². The molecule has 9 rings (SSSR count). The molecule has 0 heterocycles. The van der Waals surface area contributed by atoms with Crippen molar-refractivity contribution in [2.75, 3.05) is 0 Å². The fraction of sp³-hybridized carbons (Fsp3) is 1.00. The summed E-state index contributed by atoms with van der Waals surface area (Å²) in [5.41, 5.74) is 0. The van der Waals surface area contributed by atoms with Crippen LogP contribution in [0.5, 0.6) is 0 Å². The molecule has 0 spiro atoms. The number of hydrogen-bond donors (Lipinski definition) is 0. The van der Waals surface area contributed by atoms with Gasteiger partial charge in [-0.2, -0.15) is 0 Å². The first-order valence-corrected chi connectivity index (χ1v) is 23.8. The molecule has 9 fully saturated rings. The fourth-order valence-corrected chi connectivity index (χ4v) is 17.3. The van der Waals surface area contributed by atoms with E-state index in [1.54, 1.807) is 199 Å². The second-order valence-corrected chi connectivity index (χ2v) is 21.2. The summed E-state index contributed by atoms with van der Waals surface area (Å²) in [6.45, 7) is 0. The Balaban J connectivity index is 1.01. The van der Waals surface area contributed by atoms with Gasteiger partial charge in [0.25, 0.3) is 0 Å².